The van der Waals surface area contributed by atoms with Crippen molar-refractivity contribution in [1.82, 2.24) is 10.2 Å². The van der Waals surface area contributed by atoms with Gasteiger partial charge < -0.3 is 11.1 Å². The largest absolute Gasteiger partial charge is 0.369 e. The minimum atomic E-state index is -0.210. The molecule has 1 amide bonds. The molecule has 0 aromatic rings. The Morgan fingerprint density at radius 1 is 1.54 bits per heavy atom. The van der Waals surface area contributed by atoms with Gasteiger partial charge in [-0.3, -0.25) is 9.69 Å². The molecule has 2 aliphatic rings. The Hall–Kier alpha value is -0.610. The molecule has 4 nitrogen and oxygen atoms in total. The molecule has 74 valence electrons. The van der Waals surface area contributed by atoms with Gasteiger partial charge in [0.2, 0.25) is 5.91 Å². The standard InChI is InChI=1S/C9H17N3O/c10-9(13)6-12-4-7-2-1-3-11-8(7)5-12/h7-8,11H,1-6H2,(H2,10,13). The summed E-state index contributed by atoms with van der Waals surface area (Å²) in [6.45, 7) is 3.59. The van der Waals surface area contributed by atoms with Crippen molar-refractivity contribution in [3.05, 3.63) is 0 Å². The molecule has 0 saturated carbocycles. The summed E-state index contributed by atoms with van der Waals surface area (Å²) in [5, 5.41) is 3.49. The van der Waals surface area contributed by atoms with Crippen LogP contribution in [-0.4, -0.2) is 43.0 Å². The Kier molecular flexibility index (Phi) is 2.51. The zero-order chi connectivity index (χ0) is 9.26. The van der Waals surface area contributed by atoms with Crippen LogP contribution in [0.5, 0.6) is 0 Å². The van der Waals surface area contributed by atoms with Crippen LogP contribution in [0.2, 0.25) is 0 Å². The van der Waals surface area contributed by atoms with Gasteiger partial charge in [-0.1, -0.05) is 0 Å². The van der Waals surface area contributed by atoms with E-state index in [9.17, 15) is 4.79 Å². The number of primary amides is 1. The van der Waals surface area contributed by atoms with E-state index in [1.165, 1.54) is 12.8 Å². The number of nitrogens with two attached hydrogens (primary N) is 1. The maximum Gasteiger partial charge on any atom is 0.231 e. The number of nitrogens with zero attached hydrogens (tertiary/aromatic N) is 1. The van der Waals surface area contributed by atoms with E-state index in [1.807, 2.05) is 0 Å². The molecule has 0 aliphatic carbocycles. The zero-order valence-electron chi connectivity index (χ0n) is 7.83. The number of carbonyl (C=O) groups excluding carboxylic acids is 1. The van der Waals surface area contributed by atoms with Gasteiger partial charge >= 0.3 is 0 Å². The van der Waals surface area contributed by atoms with Crippen molar-refractivity contribution in [3.8, 4) is 0 Å². The fourth-order valence-electron chi connectivity index (χ4n) is 2.49. The van der Waals surface area contributed by atoms with E-state index in [-0.39, 0.29) is 5.91 Å². The molecule has 4 heteroatoms. The first-order chi connectivity index (χ1) is 6.25. The Morgan fingerprint density at radius 3 is 3.08 bits per heavy atom. The lowest BCUT2D eigenvalue weighted by Crippen LogP contribution is -2.41. The van der Waals surface area contributed by atoms with E-state index in [0.29, 0.717) is 12.6 Å². The molecular formula is C9H17N3O. The van der Waals surface area contributed by atoms with Crippen molar-refractivity contribution in [1.29, 1.82) is 0 Å². The second kappa shape index (κ2) is 3.64. The van der Waals surface area contributed by atoms with Gasteiger partial charge in [0.15, 0.2) is 0 Å². The normalized spacial score (nSPS) is 34.5. The van der Waals surface area contributed by atoms with Crippen LogP contribution in [0.25, 0.3) is 0 Å². The molecule has 2 unspecified atom stereocenters. The van der Waals surface area contributed by atoms with Crippen molar-refractivity contribution in [3.63, 3.8) is 0 Å². The number of hydrogen-bond donors (Lipinski definition) is 2. The Balaban J connectivity index is 1.87. The molecule has 0 spiro atoms. The fraction of sp³-hybridized carbons (Fsp3) is 0.889. The smallest absolute Gasteiger partial charge is 0.231 e. The number of rotatable bonds is 2. The average Bonchev–Trinajstić information content (AvgIpc) is 2.44. The predicted molar refractivity (Wildman–Crippen MR) is 50.1 cm³/mol. The number of piperidine rings is 1. The molecule has 2 fully saturated rings. The van der Waals surface area contributed by atoms with Gasteiger partial charge in [0.25, 0.3) is 0 Å². The maximum absolute atomic E-state index is 10.7. The third-order valence-corrected chi connectivity index (χ3v) is 3.05. The fourth-order valence-corrected chi connectivity index (χ4v) is 2.49. The van der Waals surface area contributed by atoms with E-state index in [4.69, 9.17) is 5.73 Å². The van der Waals surface area contributed by atoms with Crippen LogP contribution in [0, 0.1) is 5.92 Å². The molecule has 3 N–H and O–H groups in total. The van der Waals surface area contributed by atoms with Gasteiger partial charge in [-0.2, -0.15) is 0 Å². The van der Waals surface area contributed by atoms with Crippen LogP contribution in [0.4, 0.5) is 0 Å². The van der Waals surface area contributed by atoms with Crippen molar-refractivity contribution < 1.29 is 4.79 Å². The highest BCUT2D eigenvalue weighted by molar-refractivity contribution is 5.75. The van der Waals surface area contributed by atoms with Gasteiger partial charge in [-0.25, -0.2) is 0 Å². The minimum absolute atomic E-state index is 0.210. The van der Waals surface area contributed by atoms with Gasteiger partial charge in [0.1, 0.15) is 0 Å². The zero-order valence-corrected chi connectivity index (χ0v) is 7.83. The Bertz CT molecular complexity index is 193. The van der Waals surface area contributed by atoms with E-state index in [2.05, 4.69) is 10.2 Å². The minimum Gasteiger partial charge on any atom is -0.369 e. The van der Waals surface area contributed by atoms with E-state index < -0.39 is 0 Å². The lowest BCUT2D eigenvalue weighted by atomic mass is 9.94. The third kappa shape index (κ3) is 2.00. The molecule has 0 aromatic heterocycles. The van der Waals surface area contributed by atoms with Gasteiger partial charge in [0.05, 0.1) is 6.54 Å². The molecule has 2 aliphatic heterocycles. The average molecular weight is 183 g/mol. The molecule has 2 rings (SSSR count). The summed E-state index contributed by atoms with van der Waals surface area (Å²) < 4.78 is 0. The van der Waals surface area contributed by atoms with Gasteiger partial charge in [-0.05, 0) is 25.3 Å². The second-order valence-electron chi connectivity index (χ2n) is 4.12. The summed E-state index contributed by atoms with van der Waals surface area (Å²) in [6, 6.07) is 0.605. The molecule has 2 saturated heterocycles. The molecule has 2 heterocycles. The molecule has 2 atom stereocenters. The summed E-state index contributed by atoms with van der Waals surface area (Å²) in [7, 11) is 0. The first-order valence-electron chi connectivity index (χ1n) is 5.00. The highest BCUT2D eigenvalue weighted by atomic mass is 16.1. The lowest BCUT2D eigenvalue weighted by Gasteiger charge is -2.24. The van der Waals surface area contributed by atoms with Crippen molar-refractivity contribution in [2.75, 3.05) is 26.2 Å². The summed E-state index contributed by atoms with van der Waals surface area (Å²) in [4.78, 5) is 12.9. The number of amides is 1. The van der Waals surface area contributed by atoms with E-state index in [1.54, 1.807) is 0 Å². The number of likely N-dealkylation sites (tertiary alicyclic amines) is 1. The SMILES string of the molecule is NC(=O)CN1CC2CCCNC2C1. The summed E-state index contributed by atoms with van der Waals surface area (Å²) in [5.74, 6) is 0.534. The Labute approximate surface area is 78.5 Å². The Morgan fingerprint density at radius 2 is 2.38 bits per heavy atom. The summed E-state index contributed by atoms with van der Waals surface area (Å²) in [6.07, 6.45) is 2.57. The van der Waals surface area contributed by atoms with Crippen LogP contribution >= 0.6 is 0 Å². The summed E-state index contributed by atoms with van der Waals surface area (Å²) >= 11 is 0. The first-order valence-corrected chi connectivity index (χ1v) is 5.00. The quantitative estimate of drug-likeness (QED) is 0.586. The van der Waals surface area contributed by atoms with Gasteiger partial charge in [0, 0.05) is 19.1 Å². The molecular weight excluding hydrogens is 166 g/mol. The van der Waals surface area contributed by atoms with E-state index in [0.717, 1.165) is 25.6 Å². The van der Waals surface area contributed by atoms with Crippen LogP contribution in [0.3, 0.4) is 0 Å². The number of carbonyl (C=O) groups is 1. The third-order valence-electron chi connectivity index (χ3n) is 3.05. The number of hydrogen-bond acceptors (Lipinski definition) is 3. The molecule has 13 heavy (non-hydrogen) atoms. The lowest BCUT2D eigenvalue weighted by molar-refractivity contribution is -0.118. The van der Waals surface area contributed by atoms with Crippen LogP contribution in [0.15, 0.2) is 0 Å². The topological polar surface area (TPSA) is 58.4 Å². The van der Waals surface area contributed by atoms with Crippen molar-refractivity contribution in [2.45, 2.75) is 18.9 Å². The first kappa shape index (κ1) is 8.97. The predicted octanol–water partition coefficient (Wildman–Crippen LogP) is -0.844. The van der Waals surface area contributed by atoms with E-state index >= 15 is 0 Å². The molecule has 0 bridgehead atoms. The van der Waals surface area contributed by atoms with Crippen LogP contribution < -0.4 is 11.1 Å². The molecule has 0 radical (unpaired) electrons. The maximum atomic E-state index is 10.7. The van der Waals surface area contributed by atoms with Crippen molar-refractivity contribution in [2.24, 2.45) is 11.7 Å². The monoisotopic (exact) mass is 183 g/mol. The molecule has 0 aromatic carbocycles. The van der Waals surface area contributed by atoms with Crippen molar-refractivity contribution >= 4 is 5.91 Å². The summed E-state index contributed by atoms with van der Waals surface area (Å²) in [5.41, 5.74) is 5.16. The highest BCUT2D eigenvalue weighted by Gasteiger charge is 2.34. The highest BCUT2D eigenvalue weighted by Crippen LogP contribution is 2.24. The van der Waals surface area contributed by atoms with Gasteiger partial charge in [-0.15, -0.1) is 0 Å². The number of fused-ring (bicyclic) bond motifs is 1. The van der Waals surface area contributed by atoms with Crippen LogP contribution in [0.1, 0.15) is 12.8 Å². The van der Waals surface area contributed by atoms with Crippen LogP contribution in [-0.2, 0) is 4.79 Å². The number of nitrogens with one attached hydrogen (secondary N) is 1. The second-order valence-corrected chi connectivity index (χ2v) is 4.12.